The van der Waals surface area contributed by atoms with Gasteiger partial charge in [0.2, 0.25) is 0 Å². The van der Waals surface area contributed by atoms with Crippen molar-refractivity contribution in [3.05, 3.63) is 32.8 Å². The summed E-state index contributed by atoms with van der Waals surface area (Å²) in [7, 11) is 0. The van der Waals surface area contributed by atoms with Gasteiger partial charge in [-0.3, -0.25) is 4.79 Å². The summed E-state index contributed by atoms with van der Waals surface area (Å²) in [4.78, 5) is 35.0. The molecule has 1 aromatic carbocycles. The molecule has 1 aromatic rings. The predicted molar refractivity (Wildman–Crippen MR) is 70.0 cm³/mol. The van der Waals surface area contributed by atoms with Gasteiger partial charge >= 0.3 is 11.9 Å². The van der Waals surface area contributed by atoms with E-state index in [0.29, 0.717) is 0 Å². The topological polar surface area (TPSA) is 60.4 Å². The Kier molecular flexibility index (Phi) is 3.65. The molecule has 0 aromatic heterocycles. The summed E-state index contributed by atoms with van der Waals surface area (Å²) >= 11 is 12.0. The van der Waals surface area contributed by atoms with Crippen LogP contribution in [0.25, 0.3) is 0 Å². The van der Waals surface area contributed by atoms with Crippen LogP contribution in [0.5, 0.6) is 0 Å². The molecule has 1 heterocycles. The molecule has 0 N–H and O–H groups in total. The number of ether oxygens (including phenoxy) is 1. The number of fused-ring (bicyclic) bond motifs is 1. The molecule has 2 rings (SSSR count). The highest BCUT2D eigenvalue weighted by Crippen LogP contribution is 2.36. The number of cyclic esters (lactones) is 2. The summed E-state index contributed by atoms with van der Waals surface area (Å²) in [5.41, 5.74) is -0.0465. The highest BCUT2D eigenvalue weighted by molar-refractivity contribution is 6.42. The van der Waals surface area contributed by atoms with E-state index in [1.807, 2.05) is 13.8 Å². The number of rotatable bonds is 3. The lowest BCUT2D eigenvalue weighted by molar-refractivity contribution is 0.0444. The second-order valence-corrected chi connectivity index (χ2v) is 5.45. The molecule has 0 radical (unpaired) electrons. The molecule has 0 unspecified atom stereocenters. The predicted octanol–water partition coefficient (Wildman–Crippen LogP) is 3.53. The summed E-state index contributed by atoms with van der Waals surface area (Å²) < 4.78 is 4.45. The molecular weight excluding hydrogens is 291 g/mol. The largest absolute Gasteiger partial charge is 0.386 e. The number of Topliss-reactive ketones (excluding diaryl/α,β-unsaturated/α-hetero) is 1. The van der Waals surface area contributed by atoms with E-state index in [0.717, 1.165) is 0 Å². The van der Waals surface area contributed by atoms with Crippen LogP contribution in [0.1, 0.15) is 51.3 Å². The first-order chi connectivity index (χ1) is 8.82. The van der Waals surface area contributed by atoms with Gasteiger partial charge in [0.1, 0.15) is 0 Å². The van der Waals surface area contributed by atoms with Gasteiger partial charge in [0.15, 0.2) is 5.78 Å². The number of hydrogen-bond donors (Lipinski definition) is 0. The number of esters is 2. The van der Waals surface area contributed by atoms with Gasteiger partial charge in [-0.05, 0) is 12.0 Å². The normalized spacial score (nSPS) is 13.7. The van der Waals surface area contributed by atoms with E-state index >= 15 is 0 Å². The fourth-order valence-electron chi connectivity index (χ4n) is 1.89. The second-order valence-electron chi connectivity index (χ2n) is 4.67. The molecular formula is C13H10Cl2O4. The van der Waals surface area contributed by atoms with Crippen molar-refractivity contribution in [3.8, 4) is 0 Å². The third kappa shape index (κ3) is 2.38. The highest BCUT2D eigenvalue weighted by Gasteiger charge is 2.36. The van der Waals surface area contributed by atoms with Crippen LogP contribution in [0.3, 0.4) is 0 Å². The first-order valence-electron chi connectivity index (χ1n) is 5.64. The summed E-state index contributed by atoms with van der Waals surface area (Å²) in [6.07, 6.45) is 0.276. The maximum Gasteiger partial charge on any atom is 0.348 e. The Labute approximate surface area is 119 Å². The lowest BCUT2D eigenvalue weighted by Gasteiger charge is -2.08. The van der Waals surface area contributed by atoms with Gasteiger partial charge < -0.3 is 4.74 Å². The Hall–Kier alpha value is -1.39. The molecule has 1 aliphatic rings. The van der Waals surface area contributed by atoms with Gasteiger partial charge in [0.05, 0.1) is 21.2 Å². The molecule has 0 atom stereocenters. The molecule has 0 fully saturated rings. The Morgan fingerprint density at radius 2 is 1.79 bits per heavy atom. The molecule has 0 saturated carbocycles. The van der Waals surface area contributed by atoms with Gasteiger partial charge in [-0.25, -0.2) is 9.59 Å². The van der Waals surface area contributed by atoms with Crippen molar-refractivity contribution in [1.82, 2.24) is 0 Å². The van der Waals surface area contributed by atoms with Crippen LogP contribution in [0.15, 0.2) is 6.07 Å². The van der Waals surface area contributed by atoms with Crippen molar-refractivity contribution < 1.29 is 19.1 Å². The average molecular weight is 301 g/mol. The fourth-order valence-corrected chi connectivity index (χ4v) is 2.50. The molecule has 1 aliphatic heterocycles. The van der Waals surface area contributed by atoms with Gasteiger partial charge in [-0.1, -0.05) is 37.0 Å². The highest BCUT2D eigenvalue weighted by atomic mass is 35.5. The zero-order valence-electron chi connectivity index (χ0n) is 10.3. The summed E-state index contributed by atoms with van der Waals surface area (Å²) in [6, 6.07) is 1.31. The molecule has 6 heteroatoms. The van der Waals surface area contributed by atoms with E-state index in [4.69, 9.17) is 23.2 Å². The number of benzene rings is 1. The maximum atomic E-state index is 12.0. The quantitative estimate of drug-likeness (QED) is 0.487. The Bertz CT molecular complexity index is 605. The van der Waals surface area contributed by atoms with Crippen molar-refractivity contribution in [2.45, 2.75) is 20.3 Å². The van der Waals surface area contributed by atoms with E-state index in [-0.39, 0.29) is 44.9 Å². The lowest BCUT2D eigenvalue weighted by Crippen LogP contribution is -2.07. The fraction of sp³-hybridized carbons (Fsp3) is 0.308. The summed E-state index contributed by atoms with van der Waals surface area (Å²) in [6.45, 7) is 3.77. The van der Waals surface area contributed by atoms with Gasteiger partial charge in [0.25, 0.3) is 0 Å². The van der Waals surface area contributed by atoms with Crippen molar-refractivity contribution in [2.75, 3.05) is 0 Å². The van der Waals surface area contributed by atoms with Gasteiger partial charge in [0, 0.05) is 12.0 Å². The number of carbonyl (C=O) groups excluding carboxylic acids is 3. The number of ketones is 1. The van der Waals surface area contributed by atoms with Gasteiger partial charge in [-0.15, -0.1) is 0 Å². The molecule has 0 aliphatic carbocycles. The molecule has 4 nitrogen and oxygen atoms in total. The van der Waals surface area contributed by atoms with E-state index in [1.165, 1.54) is 6.07 Å². The van der Waals surface area contributed by atoms with Crippen molar-refractivity contribution in [2.24, 2.45) is 5.92 Å². The molecule has 0 saturated heterocycles. The van der Waals surface area contributed by atoms with Crippen LogP contribution in [0.4, 0.5) is 0 Å². The molecule has 19 heavy (non-hydrogen) atoms. The zero-order chi connectivity index (χ0) is 14.3. The van der Waals surface area contributed by atoms with Crippen LogP contribution in [-0.4, -0.2) is 17.7 Å². The SMILES string of the molecule is CC(C)CC(=O)c1cc(Cl)c2c(c1Cl)C(=O)OC2=O. The minimum absolute atomic E-state index is 0.00218. The smallest absolute Gasteiger partial charge is 0.348 e. The maximum absolute atomic E-state index is 12.0. The van der Waals surface area contributed by atoms with Crippen molar-refractivity contribution in [1.29, 1.82) is 0 Å². The average Bonchev–Trinajstić information content (AvgIpc) is 2.58. The van der Waals surface area contributed by atoms with E-state index < -0.39 is 11.9 Å². The van der Waals surface area contributed by atoms with E-state index in [1.54, 1.807) is 0 Å². The third-order valence-electron chi connectivity index (χ3n) is 2.70. The molecule has 0 bridgehead atoms. The standard InChI is InChI=1S/C13H10Cl2O4/c1-5(2)3-8(16)6-4-7(14)9-10(11(6)15)13(18)19-12(9)17/h4-5H,3H2,1-2H3. The van der Waals surface area contributed by atoms with Crippen LogP contribution in [-0.2, 0) is 4.74 Å². The first kappa shape index (κ1) is 14.0. The molecule has 0 amide bonds. The van der Waals surface area contributed by atoms with Crippen molar-refractivity contribution >= 4 is 40.9 Å². The third-order valence-corrected chi connectivity index (χ3v) is 3.39. The van der Waals surface area contributed by atoms with Crippen LogP contribution in [0, 0.1) is 5.92 Å². The minimum atomic E-state index is -0.869. The molecule has 0 spiro atoms. The summed E-state index contributed by atoms with van der Waals surface area (Å²) in [5.74, 6) is -1.79. The molecule has 100 valence electrons. The Morgan fingerprint density at radius 1 is 1.21 bits per heavy atom. The number of hydrogen-bond acceptors (Lipinski definition) is 4. The monoisotopic (exact) mass is 300 g/mol. The van der Waals surface area contributed by atoms with Crippen LogP contribution in [0.2, 0.25) is 10.0 Å². The van der Waals surface area contributed by atoms with Gasteiger partial charge in [-0.2, -0.15) is 0 Å². The van der Waals surface area contributed by atoms with E-state index in [9.17, 15) is 14.4 Å². The summed E-state index contributed by atoms with van der Waals surface area (Å²) in [5, 5.41) is -0.0664. The van der Waals surface area contributed by atoms with Crippen LogP contribution < -0.4 is 0 Å². The van der Waals surface area contributed by atoms with Crippen LogP contribution >= 0.6 is 23.2 Å². The lowest BCUT2D eigenvalue weighted by atomic mass is 9.97. The minimum Gasteiger partial charge on any atom is -0.386 e. The number of carbonyl (C=O) groups is 3. The second kappa shape index (κ2) is 4.94. The first-order valence-corrected chi connectivity index (χ1v) is 6.40. The Morgan fingerprint density at radius 3 is 2.37 bits per heavy atom. The van der Waals surface area contributed by atoms with E-state index in [2.05, 4.69) is 4.74 Å². The number of halogens is 2. The Balaban J connectivity index is 2.59. The zero-order valence-corrected chi connectivity index (χ0v) is 11.8. The van der Waals surface area contributed by atoms with Crippen molar-refractivity contribution in [3.63, 3.8) is 0 Å².